The molecule has 1 aromatic rings. The zero-order valence-electron chi connectivity index (χ0n) is 16.7. The zero-order valence-corrected chi connectivity index (χ0v) is 16.7. The van der Waals surface area contributed by atoms with Crippen molar-refractivity contribution >= 4 is 17.3 Å². The summed E-state index contributed by atoms with van der Waals surface area (Å²) >= 11 is 0. The van der Waals surface area contributed by atoms with Crippen molar-refractivity contribution in [3.63, 3.8) is 0 Å². The molecular weight excluding hydrogens is 343 g/mol. The Morgan fingerprint density at radius 2 is 2.07 bits per heavy atom. The van der Waals surface area contributed by atoms with E-state index in [1.165, 1.54) is 6.42 Å². The molecule has 1 aromatic carbocycles. The lowest BCUT2D eigenvalue weighted by molar-refractivity contribution is -0.117. The summed E-state index contributed by atoms with van der Waals surface area (Å²) in [6.45, 7) is 9.30. The van der Waals surface area contributed by atoms with Crippen molar-refractivity contribution in [2.45, 2.75) is 58.9 Å². The molecule has 2 heterocycles. The van der Waals surface area contributed by atoms with Crippen LogP contribution in [0.4, 0.5) is 15.8 Å². The van der Waals surface area contributed by atoms with E-state index in [1.54, 1.807) is 6.07 Å². The summed E-state index contributed by atoms with van der Waals surface area (Å²) in [7, 11) is 0. The van der Waals surface area contributed by atoms with E-state index in [-0.39, 0.29) is 23.1 Å². The summed E-state index contributed by atoms with van der Waals surface area (Å²) in [5.41, 5.74) is 2.55. The Bertz CT molecular complexity index is 718. The van der Waals surface area contributed by atoms with Crippen molar-refractivity contribution in [1.82, 2.24) is 0 Å². The standard InChI is InChI=1S/C22H31FN2O2/c1-22(2,3)20-10-16-9-18(24-21(26)15-6-7-15)17(23)11-19(16)25(20)12-14-5-4-8-27-13-14/h9,11,14-15,20H,4-8,10,12-13H2,1-3H3,(H,24,26). The molecular formula is C22H31FN2O2. The number of amides is 1. The first-order valence-corrected chi connectivity index (χ1v) is 10.3. The molecule has 2 fully saturated rings. The first-order chi connectivity index (χ1) is 12.8. The SMILES string of the molecule is CC(C)(C)C1Cc2cc(NC(=O)C3CC3)c(F)cc2N1CC1CCCOC1. The molecule has 4 rings (SSSR count). The third-order valence-electron chi connectivity index (χ3n) is 6.18. The zero-order chi connectivity index (χ0) is 19.2. The number of hydrogen-bond acceptors (Lipinski definition) is 3. The number of nitrogens with zero attached hydrogens (tertiary/aromatic N) is 1. The average molecular weight is 375 g/mol. The molecule has 2 unspecified atom stereocenters. The van der Waals surface area contributed by atoms with Crippen LogP contribution in [-0.2, 0) is 16.0 Å². The summed E-state index contributed by atoms with van der Waals surface area (Å²) in [4.78, 5) is 14.5. The molecule has 0 bridgehead atoms. The van der Waals surface area contributed by atoms with E-state index >= 15 is 0 Å². The number of fused-ring (bicyclic) bond motifs is 1. The maximum atomic E-state index is 14.8. The number of carbonyl (C=O) groups is 1. The van der Waals surface area contributed by atoms with E-state index in [2.05, 4.69) is 31.0 Å². The fourth-order valence-corrected chi connectivity index (χ4v) is 4.43. The quantitative estimate of drug-likeness (QED) is 0.850. The van der Waals surface area contributed by atoms with Gasteiger partial charge in [-0.25, -0.2) is 4.39 Å². The lowest BCUT2D eigenvalue weighted by Gasteiger charge is -2.39. The van der Waals surface area contributed by atoms with Crippen molar-refractivity contribution in [3.8, 4) is 0 Å². The van der Waals surface area contributed by atoms with Crippen LogP contribution >= 0.6 is 0 Å². The van der Waals surface area contributed by atoms with Crippen LogP contribution in [0.15, 0.2) is 12.1 Å². The second-order valence-electron chi connectivity index (χ2n) is 9.55. The van der Waals surface area contributed by atoms with E-state index in [0.717, 1.165) is 56.7 Å². The van der Waals surface area contributed by atoms with Crippen molar-refractivity contribution in [2.75, 3.05) is 30.0 Å². The Balaban J connectivity index is 1.60. The van der Waals surface area contributed by atoms with Gasteiger partial charge < -0.3 is 15.0 Å². The number of ether oxygens (including phenoxy) is 1. The molecule has 2 atom stereocenters. The highest BCUT2D eigenvalue weighted by molar-refractivity contribution is 5.94. The summed E-state index contributed by atoms with van der Waals surface area (Å²) < 4.78 is 20.5. The number of carbonyl (C=O) groups excluding carboxylic acids is 1. The molecule has 2 aliphatic heterocycles. The van der Waals surface area contributed by atoms with E-state index in [4.69, 9.17) is 4.74 Å². The topological polar surface area (TPSA) is 41.6 Å². The van der Waals surface area contributed by atoms with Gasteiger partial charge in [0.25, 0.3) is 0 Å². The summed E-state index contributed by atoms with van der Waals surface area (Å²) in [5.74, 6) is 0.187. The van der Waals surface area contributed by atoms with Crippen LogP contribution in [0.1, 0.15) is 52.0 Å². The lowest BCUT2D eigenvalue weighted by Crippen LogP contribution is -2.45. The molecule has 1 saturated heterocycles. The molecule has 4 nitrogen and oxygen atoms in total. The molecule has 0 radical (unpaired) electrons. The Morgan fingerprint density at radius 3 is 2.70 bits per heavy atom. The van der Waals surface area contributed by atoms with Gasteiger partial charge in [0.05, 0.1) is 12.3 Å². The summed E-state index contributed by atoms with van der Waals surface area (Å²) in [5, 5.41) is 2.80. The van der Waals surface area contributed by atoms with Gasteiger partial charge in [-0.2, -0.15) is 0 Å². The van der Waals surface area contributed by atoms with Gasteiger partial charge in [0, 0.05) is 30.8 Å². The Morgan fingerprint density at radius 1 is 1.30 bits per heavy atom. The summed E-state index contributed by atoms with van der Waals surface area (Å²) in [6.07, 6.45) is 5.00. The molecule has 148 valence electrons. The maximum Gasteiger partial charge on any atom is 0.227 e. The Labute approximate surface area is 161 Å². The van der Waals surface area contributed by atoms with Crippen molar-refractivity contribution in [3.05, 3.63) is 23.5 Å². The highest BCUT2D eigenvalue weighted by Crippen LogP contribution is 2.43. The van der Waals surface area contributed by atoms with Crippen LogP contribution in [0.3, 0.4) is 0 Å². The number of anilines is 2. The third-order valence-corrected chi connectivity index (χ3v) is 6.18. The van der Waals surface area contributed by atoms with Gasteiger partial charge in [0.2, 0.25) is 5.91 Å². The number of benzene rings is 1. The number of halogens is 1. The molecule has 0 spiro atoms. The van der Waals surface area contributed by atoms with E-state index in [9.17, 15) is 9.18 Å². The van der Waals surface area contributed by atoms with E-state index in [1.807, 2.05) is 6.07 Å². The minimum atomic E-state index is -0.331. The Kier molecular flexibility index (Phi) is 4.91. The van der Waals surface area contributed by atoms with Gasteiger partial charge in [0.1, 0.15) is 5.82 Å². The first kappa shape index (κ1) is 18.7. The third kappa shape index (κ3) is 3.98. The molecule has 1 aliphatic carbocycles. The number of nitrogens with one attached hydrogen (secondary N) is 1. The molecule has 5 heteroatoms. The van der Waals surface area contributed by atoms with Gasteiger partial charge in [-0.15, -0.1) is 0 Å². The highest BCUT2D eigenvalue weighted by Gasteiger charge is 2.39. The minimum absolute atomic E-state index is 0.0459. The number of hydrogen-bond donors (Lipinski definition) is 1. The van der Waals surface area contributed by atoms with Gasteiger partial charge >= 0.3 is 0 Å². The second-order valence-corrected chi connectivity index (χ2v) is 9.55. The lowest BCUT2D eigenvalue weighted by atomic mass is 9.84. The second kappa shape index (κ2) is 7.08. The van der Waals surface area contributed by atoms with E-state index in [0.29, 0.717) is 17.6 Å². The predicted molar refractivity (Wildman–Crippen MR) is 106 cm³/mol. The maximum absolute atomic E-state index is 14.8. The minimum Gasteiger partial charge on any atom is -0.381 e. The van der Waals surface area contributed by atoms with Gasteiger partial charge in [-0.3, -0.25) is 4.79 Å². The van der Waals surface area contributed by atoms with Gasteiger partial charge in [-0.1, -0.05) is 20.8 Å². The van der Waals surface area contributed by atoms with Crippen LogP contribution in [0, 0.1) is 23.1 Å². The largest absolute Gasteiger partial charge is 0.381 e. The molecule has 27 heavy (non-hydrogen) atoms. The first-order valence-electron chi connectivity index (χ1n) is 10.3. The van der Waals surface area contributed by atoms with Crippen LogP contribution in [-0.4, -0.2) is 31.7 Å². The smallest absolute Gasteiger partial charge is 0.227 e. The molecule has 1 N–H and O–H groups in total. The fourth-order valence-electron chi connectivity index (χ4n) is 4.43. The van der Waals surface area contributed by atoms with Crippen LogP contribution in [0.2, 0.25) is 0 Å². The van der Waals surface area contributed by atoms with Crippen molar-refractivity contribution < 1.29 is 13.9 Å². The van der Waals surface area contributed by atoms with Crippen molar-refractivity contribution in [1.29, 1.82) is 0 Å². The Hall–Kier alpha value is -1.62. The van der Waals surface area contributed by atoms with Crippen LogP contribution in [0.25, 0.3) is 0 Å². The predicted octanol–water partition coefficient (Wildman–Crippen LogP) is 4.38. The highest BCUT2D eigenvalue weighted by atomic mass is 19.1. The van der Waals surface area contributed by atoms with Gasteiger partial charge in [0.15, 0.2) is 0 Å². The number of rotatable bonds is 4. The summed E-state index contributed by atoms with van der Waals surface area (Å²) in [6, 6.07) is 3.82. The average Bonchev–Trinajstić information content (AvgIpc) is 3.40. The van der Waals surface area contributed by atoms with E-state index < -0.39 is 0 Å². The normalized spacial score (nSPS) is 25.4. The fraction of sp³-hybridized carbons (Fsp3) is 0.682. The monoisotopic (exact) mass is 374 g/mol. The molecule has 1 saturated carbocycles. The van der Waals surface area contributed by atoms with Crippen LogP contribution < -0.4 is 10.2 Å². The van der Waals surface area contributed by atoms with Gasteiger partial charge in [-0.05, 0) is 61.1 Å². The molecule has 3 aliphatic rings. The molecule has 0 aromatic heterocycles. The van der Waals surface area contributed by atoms with Crippen molar-refractivity contribution in [2.24, 2.45) is 17.3 Å². The van der Waals surface area contributed by atoms with Crippen LogP contribution in [0.5, 0.6) is 0 Å². The molecule has 1 amide bonds.